The molecule has 0 aromatic heterocycles. The molecule has 17 heavy (non-hydrogen) atoms. The summed E-state index contributed by atoms with van der Waals surface area (Å²) in [6.07, 6.45) is -1.16. The van der Waals surface area contributed by atoms with Crippen molar-refractivity contribution in [2.24, 2.45) is 0 Å². The standard InChI is InChI=1S/C12H17NO4/c1-8-5-9(3-4-11(8)17-2)13-7-10(14)6-12(15)16/h3-5,10,13-14H,6-7H2,1-2H3,(H,15,16). The van der Waals surface area contributed by atoms with E-state index in [1.165, 1.54) is 0 Å². The van der Waals surface area contributed by atoms with E-state index in [4.69, 9.17) is 9.84 Å². The van der Waals surface area contributed by atoms with Crippen LogP contribution >= 0.6 is 0 Å². The van der Waals surface area contributed by atoms with Crippen LogP contribution < -0.4 is 10.1 Å². The number of benzene rings is 1. The third-order valence-electron chi connectivity index (χ3n) is 2.35. The average molecular weight is 239 g/mol. The molecule has 0 spiro atoms. The zero-order valence-corrected chi connectivity index (χ0v) is 9.93. The maximum absolute atomic E-state index is 10.4. The summed E-state index contributed by atoms with van der Waals surface area (Å²) in [5.41, 5.74) is 1.80. The van der Waals surface area contributed by atoms with Crippen LogP contribution in [0.5, 0.6) is 5.75 Å². The number of aryl methyl sites for hydroxylation is 1. The van der Waals surface area contributed by atoms with Crippen molar-refractivity contribution < 1.29 is 19.7 Å². The molecule has 0 aliphatic carbocycles. The highest BCUT2D eigenvalue weighted by molar-refractivity contribution is 5.67. The summed E-state index contributed by atoms with van der Waals surface area (Å²) in [5.74, 6) is -0.216. The van der Waals surface area contributed by atoms with Gasteiger partial charge in [-0.25, -0.2) is 0 Å². The van der Waals surface area contributed by atoms with Crippen molar-refractivity contribution in [2.75, 3.05) is 19.0 Å². The van der Waals surface area contributed by atoms with E-state index in [-0.39, 0.29) is 13.0 Å². The van der Waals surface area contributed by atoms with Crippen LogP contribution in [0.1, 0.15) is 12.0 Å². The Morgan fingerprint density at radius 2 is 2.24 bits per heavy atom. The number of hydrogen-bond donors (Lipinski definition) is 3. The molecule has 1 atom stereocenters. The van der Waals surface area contributed by atoms with Crippen LogP contribution in [-0.4, -0.2) is 35.9 Å². The van der Waals surface area contributed by atoms with E-state index in [9.17, 15) is 9.90 Å². The molecule has 94 valence electrons. The van der Waals surface area contributed by atoms with Crippen molar-refractivity contribution in [1.29, 1.82) is 0 Å². The fourth-order valence-corrected chi connectivity index (χ4v) is 1.50. The van der Waals surface area contributed by atoms with Crippen LogP contribution in [0.2, 0.25) is 0 Å². The van der Waals surface area contributed by atoms with Gasteiger partial charge in [0.15, 0.2) is 0 Å². The Balaban J connectivity index is 2.52. The third kappa shape index (κ3) is 4.32. The lowest BCUT2D eigenvalue weighted by Gasteiger charge is -2.12. The van der Waals surface area contributed by atoms with Gasteiger partial charge in [-0.15, -0.1) is 0 Å². The number of carboxylic acids is 1. The average Bonchev–Trinajstić information content (AvgIpc) is 2.25. The fraction of sp³-hybridized carbons (Fsp3) is 0.417. The van der Waals surface area contributed by atoms with E-state index < -0.39 is 12.1 Å². The zero-order valence-electron chi connectivity index (χ0n) is 9.93. The second-order valence-corrected chi connectivity index (χ2v) is 3.82. The molecule has 5 heteroatoms. The number of carboxylic acid groups (broad SMARTS) is 1. The third-order valence-corrected chi connectivity index (χ3v) is 2.35. The van der Waals surface area contributed by atoms with Crippen molar-refractivity contribution in [3.8, 4) is 5.75 Å². The van der Waals surface area contributed by atoms with Crippen molar-refractivity contribution in [3.05, 3.63) is 23.8 Å². The van der Waals surface area contributed by atoms with E-state index in [1.54, 1.807) is 7.11 Å². The Morgan fingerprint density at radius 3 is 2.76 bits per heavy atom. The van der Waals surface area contributed by atoms with Gasteiger partial charge in [0.2, 0.25) is 0 Å². The van der Waals surface area contributed by atoms with Gasteiger partial charge in [-0.05, 0) is 30.7 Å². The summed E-state index contributed by atoms with van der Waals surface area (Å²) in [6.45, 7) is 2.12. The lowest BCUT2D eigenvalue weighted by Crippen LogP contribution is -2.22. The highest BCUT2D eigenvalue weighted by atomic mass is 16.5. The first-order chi connectivity index (χ1) is 8.02. The molecular formula is C12H17NO4. The van der Waals surface area contributed by atoms with Crippen LogP contribution in [0.25, 0.3) is 0 Å². The van der Waals surface area contributed by atoms with E-state index >= 15 is 0 Å². The van der Waals surface area contributed by atoms with Crippen molar-refractivity contribution in [2.45, 2.75) is 19.4 Å². The molecule has 1 rings (SSSR count). The highest BCUT2D eigenvalue weighted by Crippen LogP contribution is 2.21. The number of aliphatic hydroxyl groups is 1. The highest BCUT2D eigenvalue weighted by Gasteiger charge is 2.09. The monoisotopic (exact) mass is 239 g/mol. The molecule has 1 aromatic carbocycles. The van der Waals surface area contributed by atoms with E-state index in [0.717, 1.165) is 17.0 Å². The molecule has 0 aliphatic rings. The predicted molar refractivity (Wildman–Crippen MR) is 64.5 cm³/mol. The van der Waals surface area contributed by atoms with Crippen molar-refractivity contribution >= 4 is 11.7 Å². The van der Waals surface area contributed by atoms with Gasteiger partial charge >= 0.3 is 5.97 Å². The maximum Gasteiger partial charge on any atom is 0.306 e. The molecule has 0 amide bonds. The number of rotatable bonds is 6. The van der Waals surface area contributed by atoms with Crippen LogP contribution in [0.4, 0.5) is 5.69 Å². The molecule has 5 nitrogen and oxygen atoms in total. The van der Waals surface area contributed by atoms with Gasteiger partial charge in [0.1, 0.15) is 5.75 Å². The summed E-state index contributed by atoms with van der Waals surface area (Å²) in [4.78, 5) is 10.4. The molecule has 0 heterocycles. The van der Waals surface area contributed by atoms with Gasteiger partial charge in [-0.2, -0.15) is 0 Å². The van der Waals surface area contributed by atoms with Gasteiger partial charge in [-0.3, -0.25) is 4.79 Å². The van der Waals surface area contributed by atoms with Crippen LogP contribution in [0.3, 0.4) is 0 Å². The Kier molecular flexibility index (Phi) is 4.78. The summed E-state index contributed by atoms with van der Waals surface area (Å²) in [5, 5.41) is 20.8. The molecule has 0 radical (unpaired) electrons. The first-order valence-electron chi connectivity index (χ1n) is 5.31. The van der Waals surface area contributed by atoms with Gasteiger partial charge in [0.05, 0.1) is 19.6 Å². The van der Waals surface area contributed by atoms with Crippen LogP contribution in [0, 0.1) is 6.92 Å². The van der Waals surface area contributed by atoms with E-state index in [2.05, 4.69) is 5.32 Å². The number of anilines is 1. The largest absolute Gasteiger partial charge is 0.496 e. The minimum Gasteiger partial charge on any atom is -0.496 e. The van der Waals surface area contributed by atoms with Crippen molar-refractivity contribution in [3.63, 3.8) is 0 Å². The Morgan fingerprint density at radius 1 is 1.53 bits per heavy atom. The molecule has 0 fully saturated rings. The lowest BCUT2D eigenvalue weighted by atomic mass is 10.2. The molecule has 0 bridgehead atoms. The topological polar surface area (TPSA) is 78.8 Å². The Hall–Kier alpha value is -1.75. The predicted octanol–water partition coefficient (Wildman–Crippen LogP) is 1.25. The molecule has 1 unspecified atom stereocenters. The minimum absolute atomic E-state index is 0.206. The second-order valence-electron chi connectivity index (χ2n) is 3.82. The second kappa shape index (κ2) is 6.10. The van der Waals surface area contributed by atoms with Gasteiger partial charge in [-0.1, -0.05) is 0 Å². The molecule has 0 saturated heterocycles. The number of carbonyl (C=O) groups is 1. The minimum atomic E-state index is -1.01. The van der Waals surface area contributed by atoms with E-state index in [0.29, 0.717) is 0 Å². The summed E-state index contributed by atoms with van der Waals surface area (Å²) >= 11 is 0. The normalized spacial score (nSPS) is 11.9. The summed E-state index contributed by atoms with van der Waals surface area (Å²) in [6, 6.07) is 5.52. The number of ether oxygens (including phenoxy) is 1. The Labute approximate surface area is 100 Å². The number of nitrogens with one attached hydrogen (secondary N) is 1. The number of aliphatic carboxylic acids is 1. The lowest BCUT2D eigenvalue weighted by molar-refractivity contribution is -0.138. The first-order valence-corrected chi connectivity index (χ1v) is 5.31. The zero-order chi connectivity index (χ0) is 12.8. The molecule has 1 aromatic rings. The van der Waals surface area contributed by atoms with Gasteiger partial charge in [0.25, 0.3) is 0 Å². The van der Waals surface area contributed by atoms with Gasteiger partial charge < -0.3 is 20.3 Å². The first kappa shape index (κ1) is 13.3. The smallest absolute Gasteiger partial charge is 0.306 e. The molecular weight excluding hydrogens is 222 g/mol. The van der Waals surface area contributed by atoms with Crippen LogP contribution in [0.15, 0.2) is 18.2 Å². The van der Waals surface area contributed by atoms with Crippen molar-refractivity contribution in [1.82, 2.24) is 0 Å². The molecule has 0 saturated carbocycles. The maximum atomic E-state index is 10.4. The molecule has 3 N–H and O–H groups in total. The SMILES string of the molecule is COc1ccc(NCC(O)CC(=O)O)cc1C. The quantitative estimate of drug-likeness (QED) is 0.696. The number of methoxy groups -OCH3 is 1. The molecule has 0 aliphatic heterocycles. The summed E-state index contributed by atoms with van der Waals surface area (Å²) in [7, 11) is 1.60. The van der Waals surface area contributed by atoms with E-state index in [1.807, 2.05) is 25.1 Å². The van der Waals surface area contributed by atoms with Crippen LogP contribution in [-0.2, 0) is 4.79 Å². The fourth-order valence-electron chi connectivity index (χ4n) is 1.50. The number of aliphatic hydroxyl groups excluding tert-OH is 1. The summed E-state index contributed by atoms with van der Waals surface area (Å²) < 4.78 is 5.12. The Bertz CT molecular complexity index is 392. The van der Waals surface area contributed by atoms with Gasteiger partial charge in [0, 0.05) is 12.2 Å². The number of hydrogen-bond acceptors (Lipinski definition) is 4.